The van der Waals surface area contributed by atoms with E-state index < -0.39 is 0 Å². The maximum atomic E-state index is 3.93. The van der Waals surface area contributed by atoms with Gasteiger partial charge in [-0.15, -0.1) is 11.8 Å². The Bertz CT molecular complexity index is 480. The molecule has 2 rings (SSSR count). The number of hydrogen-bond acceptors (Lipinski definition) is 1. The second-order valence-electron chi connectivity index (χ2n) is 3.72. The molecule has 1 heteroatoms. The number of benzene rings is 2. The number of fused-ring (bicyclic) bond motifs is 1. The monoisotopic (exact) mass is 214 g/mol. The van der Waals surface area contributed by atoms with E-state index in [-0.39, 0.29) is 0 Å². The van der Waals surface area contributed by atoms with E-state index in [9.17, 15) is 0 Å². The van der Waals surface area contributed by atoms with Gasteiger partial charge in [-0.3, -0.25) is 0 Å². The lowest BCUT2D eigenvalue weighted by molar-refractivity contribution is 1.42. The molecule has 0 heterocycles. The predicted octanol–water partition coefficient (Wildman–Crippen LogP) is 4.51. The number of hydrogen-bond donors (Lipinski definition) is 0. The van der Waals surface area contributed by atoms with E-state index in [4.69, 9.17) is 0 Å². The highest BCUT2D eigenvalue weighted by molar-refractivity contribution is 7.99. The van der Waals surface area contributed by atoms with Crippen LogP contribution in [0.3, 0.4) is 0 Å². The molecule has 0 aliphatic carbocycles. The van der Waals surface area contributed by atoms with Gasteiger partial charge < -0.3 is 0 Å². The largest absolute Gasteiger partial charge is 0.121 e. The van der Waals surface area contributed by atoms with Crippen LogP contribution in [-0.2, 0) is 0 Å². The predicted molar refractivity (Wildman–Crippen MR) is 69.5 cm³/mol. The molecule has 15 heavy (non-hydrogen) atoms. The third-order valence-electron chi connectivity index (χ3n) is 2.22. The summed E-state index contributed by atoms with van der Waals surface area (Å²) in [6.07, 6.45) is 0. The molecule has 0 aliphatic rings. The zero-order valence-corrected chi connectivity index (χ0v) is 9.68. The first kappa shape index (κ1) is 10.3. The molecule has 0 aliphatic heterocycles. The second-order valence-corrected chi connectivity index (χ2v) is 4.74. The van der Waals surface area contributed by atoms with Crippen LogP contribution >= 0.6 is 11.8 Å². The van der Waals surface area contributed by atoms with Crippen LogP contribution in [0.15, 0.2) is 59.5 Å². The number of thioether (sulfide) groups is 1. The van der Waals surface area contributed by atoms with Gasteiger partial charge in [0, 0.05) is 10.6 Å². The molecule has 76 valence electrons. The summed E-state index contributed by atoms with van der Waals surface area (Å²) in [6.45, 7) is 6.00. The van der Waals surface area contributed by atoms with Gasteiger partial charge in [0.1, 0.15) is 0 Å². The Kier molecular flexibility index (Phi) is 3.12. The minimum atomic E-state index is 0.994. The van der Waals surface area contributed by atoms with Crippen LogP contribution in [0.2, 0.25) is 0 Å². The first-order valence-corrected chi connectivity index (χ1v) is 6.01. The van der Waals surface area contributed by atoms with Gasteiger partial charge in [-0.25, -0.2) is 0 Å². The van der Waals surface area contributed by atoms with Crippen molar-refractivity contribution in [3.8, 4) is 0 Å². The van der Waals surface area contributed by atoms with Crippen LogP contribution < -0.4 is 0 Å². The van der Waals surface area contributed by atoms with Gasteiger partial charge in [-0.1, -0.05) is 48.6 Å². The standard InChI is InChI=1S/C14H14S/c1-11(2)10-15-14-9-5-7-12-6-3-4-8-13(12)14/h3-9H,1,10H2,2H3. The zero-order chi connectivity index (χ0) is 10.7. The van der Waals surface area contributed by atoms with Gasteiger partial charge >= 0.3 is 0 Å². The Morgan fingerprint density at radius 3 is 2.67 bits per heavy atom. The molecule has 2 aromatic rings. The summed E-state index contributed by atoms with van der Waals surface area (Å²) in [7, 11) is 0. The van der Waals surface area contributed by atoms with Crippen molar-refractivity contribution >= 4 is 22.5 Å². The molecule has 2 aromatic carbocycles. The molecule has 0 saturated heterocycles. The molecule has 0 N–H and O–H groups in total. The maximum absolute atomic E-state index is 3.93. The molecular formula is C14H14S. The van der Waals surface area contributed by atoms with Gasteiger partial charge in [0.15, 0.2) is 0 Å². The highest BCUT2D eigenvalue weighted by Crippen LogP contribution is 2.28. The maximum Gasteiger partial charge on any atom is 0.0185 e. The third-order valence-corrected chi connectivity index (χ3v) is 3.53. The Labute approximate surface area is 95.0 Å². The van der Waals surface area contributed by atoms with Gasteiger partial charge in [0.25, 0.3) is 0 Å². The summed E-state index contributed by atoms with van der Waals surface area (Å²) in [4.78, 5) is 1.34. The van der Waals surface area contributed by atoms with Gasteiger partial charge in [0.05, 0.1) is 0 Å². The summed E-state index contributed by atoms with van der Waals surface area (Å²) in [5.74, 6) is 0.994. The summed E-state index contributed by atoms with van der Waals surface area (Å²) >= 11 is 1.86. The first-order valence-electron chi connectivity index (χ1n) is 5.02. The Hall–Kier alpha value is -1.21. The van der Waals surface area contributed by atoms with E-state index in [0.717, 1.165) is 5.75 Å². The molecule has 0 aromatic heterocycles. The molecule has 0 nitrogen and oxygen atoms in total. The quantitative estimate of drug-likeness (QED) is 0.535. The van der Waals surface area contributed by atoms with Crippen LogP contribution in [-0.4, -0.2) is 5.75 Å². The van der Waals surface area contributed by atoms with Crippen LogP contribution in [0.25, 0.3) is 10.8 Å². The topological polar surface area (TPSA) is 0 Å². The lowest BCUT2D eigenvalue weighted by Crippen LogP contribution is -1.81. The molecule has 0 amide bonds. The molecule has 0 fully saturated rings. The van der Waals surface area contributed by atoms with Crippen molar-refractivity contribution in [2.75, 3.05) is 5.75 Å². The Balaban J connectivity index is 2.38. The molecule has 0 spiro atoms. The molecule has 0 radical (unpaired) electrons. The fourth-order valence-electron chi connectivity index (χ4n) is 1.52. The van der Waals surface area contributed by atoms with Crippen molar-refractivity contribution in [2.24, 2.45) is 0 Å². The van der Waals surface area contributed by atoms with E-state index in [2.05, 4.69) is 56.0 Å². The average molecular weight is 214 g/mol. The van der Waals surface area contributed by atoms with E-state index in [1.165, 1.54) is 21.2 Å². The summed E-state index contributed by atoms with van der Waals surface area (Å²) in [5.41, 5.74) is 1.22. The lowest BCUT2D eigenvalue weighted by Gasteiger charge is -2.05. The van der Waals surface area contributed by atoms with E-state index >= 15 is 0 Å². The van der Waals surface area contributed by atoms with Crippen LogP contribution in [0.4, 0.5) is 0 Å². The highest BCUT2D eigenvalue weighted by Gasteiger charge is 2.00. The van der Waals surface area contributed by atoms with Crippen LogP contribution in [0.5, 0.6) is 0 Å². The number of rotatable bonds is 3. The molecular weight excluding hydrogens is 200 g/mol. The van der Waals surface area contributed by atoms with Crippen LogP contribution in [0, 0.1) is 0 Å². The van der Waals surface area contributed by atoms with Crippen molar-refractivity contribution in [3.05, 3.63) is 54.6 Å². The fourth-order valence-corrected chi connectivity index (χ4v) is 2.44. The van der Waals surface area contributed by atoms with Crippen LogP contribution in [0.1, 0.15) is 6.92 Å². The van der Waals surface area contributed by atoms with E-state index in [0.29, 0.717) is 0 Å². The third kappa shape index (κ3) is 2.42. The average Bonchev–Trinajstić information content (AvgIpc) is 2.26. The van der Waals surface area contributed by atoms with Gasteiger partial charge in [-0.05, 0) is 23.8 Å². The summed E-state index contributed by atoms with van der Waals surface area (Å²) in [6, 6.07) is 14.9. The van der Waals surface area contributed by atoms with Gasteiger partial charge in [-0.2, -0.15) is 0 Å². The molecule has 0 atom stereocenters. The van der Waals surface area contributed by atoms with Crippen molar-refractivity contribution in [1.82, 2.24) is 0 Å². The molecule has 0 bridgehead atoms. The highest BCUT2D eigenvalue weighted by atomic mass is 32.2. The Morgan fingerprint density at radius 1 is 1.13 bits per heavy atom. The lowest BCUT2D eigenvalue weighted by atomic mass is 10.1. The van der Waals surface area contributed by atoms with E-state index in [1.807, 2.05) is 11.8 Å². The molecule has 0 unspecified atom stereocenters. The fraction of sp³-hybridized carbons (Fsp3) is 0.143. The van der Waals surface area contributed by atoms with Crippen molar-refractivity contribution in [1.29, 1.82) is 0 Å². The summed E-state index contributed by atoms with van der Waals surface area (Å²) < 4.78 is 0. The zero-order valence-electron chi connectivity index (χ0n) is 8.86. The molecule has 0 saturated carbocycles. The first-order chi connectivity index (χ1) is 7.27. The van der Waals surface area contributed by atoms with Crippen molar-refractivity contribution in [2.45, 2.75) is 11.8 Å². The second kappa shape index (κ2) is 4.54. The van der Waals surface area contributed by atoms with Crippen molar-refractivity contribution < 1.29 is 0 Å². The normalized spacial score (nSPS) is 10.5. The van der Waals surface area contributed by atoms with Crippen molar-refractivity contribution in [3.63, 3.8) is 0 Å². The Morgan fingerprint density at radius 2 is 1.87 bits per heavy atom. The van der Waals surface area contributed by atoms with E-state index in [1.54, 1.807) is 0 Å². The summed E-state index contributed by atoms with van der Waals surface area (Å²) in [5, 5.41) is 2.65. The minimum absolute atomic E-state index is 0.994. The smallest absolute Gasteiger partial charge is 0.0185 e. The SMILES string of the molecule is C=C(C)CSc1cccc2ccccc12. The van der Waals surface area contributed by atoms with Gasteiger partial charge in [0.2, 0.25) is 0 Å². The minimum Gasteiger partial charge on any atom is -0.121 e.